The number of nitrogens with one attached hydrogen (secondary N) is 1. The highest BCUT2D eigenvalue weighted by Gasteiger charge is 2.11. The minimum Gasteiger partial charge on any atom is -0.326 e. The van der Waals surface area contributed by atoms with Crippen LogP contribution in [0, 0.1) is 23.0 Å². The van der Waals surface area contributed by atoms with Gasteiger partial charge in [-0.1, -0.05) is 19.9 Å². The number of rotatable bonds is 5. The molecule has 0 radical (unpaired) electrons. The molecule has 0 spiro atoms. The summed E-state index contributed by atoms with van der Waals surface area (Å²) in [6.07, 6.45) is 1.24. The zero-order chi connectivity index (χ0) is 13.7. The van der Waals surface area contributed by atoms with Crippen LogP contribution in [-0.2, 0) is 4.79 Å². The van der Waals surface area contributed by atoms with E-state index >= 15 is 0 Å². The van der Waals surface area contributed by atoms with E-state index in [1.54, 1.807) is 6.07 Å². The molecule has 1 aromatic rings. The lowest BCUT2D eigenvalue weighted by molar-refractivity contribution is -0.384. The molecule has 0 saturated carbocycles. The van der Waals surface area contributed by atoms with Crippen LogP contribution in [0.5, 0.6) is 0 Å². The molecule has 0 unspecified atom stereocenters. The first-order valence-electron chi connectivity index (χ1n) is 5.95. The number of non-ortho nitro benzene ring substituents is 1. The third kappa shape index (κ3) is 4.16. The highest BCUT2D eigenvalue weighted by atomic mass is 16.6. The quantitative estimate of drug-likeness (QED) is 0.643. The van der Waals surface area contributed by atoms with Gasteiger partial charge in [0, 0.05) is 18.6 Å². The van der Waals surface area contributed by atoms with E-state index in [0.29, 0.717) is 18.0 Å². The first-order chi connectivity index (χ1) is 8.40. The molecule has 0 fully saturated rings. The zero-order valence-corrected chi connectivity index (χ0v) is 10.9. The van der Waals surface area contributed by atoms with E-state index < -0.39 is 4.92 Å². The second-order valence-electron chi connectivity index (χ2n) is 4.74. The average Bonchev–Trinajstić information content (AvgIpc) is 2.29. The van der Waals surface area contributed by atoms with Crippen molar-refractivity contribution in [2.24, 2.45) is 5.92 Å². The number of aryl methyl sites for hydroxylation is 1. The number of amides is 1. The van der Waals surface area contributed by atoms with Crippen molar-refractivity contribution in [2.75, 3.05) is 5.32 Å². The van der Waals surface area contributed by atoms with E-state index in [1.165, 1.54) is 12.1 Å². The van der Waals surface area contributed by atoms with Gasteiger partial charge in [-0.2, -0.15) is 0 Å². The van der Waals surface area contributed by atoms with Gasteiger partial charge in [-0.05, 0) is 24.8 Å². The van der Waals surface area contributed by atoms with Crippen molar-refractivity contribution >= 4 is 17.3 Å². The molecule has 1 rings (SSSR count). The Hall–Kier alpha value is -1.91. The number of benzene rings is 1. The van der Waals surface area contributed by atoms with E-state index in [-0.39, 0.29) is 11.6 Å². The minimum absolute atomic E-state index is 0.0141. The summed E-state index contributed by atoms with van der Waals surface area (Å²) < 4.78 is 0. The zero-order valence-electron chi connectivity index (χ0n) is 10.9. The molecule has 0 heterocycles. The summed E-state index contributed by atoms with van der Waals surface area (Å²) in [7, 11) is 0. The van der Waals surface area contributed by atoms with E-state index in [0.717, 1.165) is 12.0 Å². The largest absolute Gasteiger partial charge is 0.326 e. The fourth-order valence-corrected chi connectivity index (χ4v) is 1.49. The maximum Gasteiger partial charge on any atom is 0.271 e. The van der Waals surface area contributed by atoms with Crippen LogP contribution in [0.1, 0.15) is 32.3 Å². The van der Waals surface area contributed by atoms with E-state index in [9.17, 15) is 14.9 Å². The van der Waals surface area contributed by atoms with Gasteiger partial charge in [0.2, 0.25) is 5.91 Å². The lowest BCUT2D eigenvalue weighted by atomic mass is 10.1. The standard InChI is InChI=1S/C13H18N2O3/c1-9(2)4-7-13(16)14-12-8-11(15(17)18)6-5-10(12)3/h5-6,8-9H,4,7H2,1-3H3,(H,14,16). The SMILES string of the molecule is Cc1ccc([N+](=O)[O-])cc1NC(=O)CCC(C)C. The Morgan fingerprint density at radius 1 is 1.44 bits per heavy atom. The highest BCUT2D eigenvalue weighted by Crippen LogP contribution is 2.22. The van der Waals surface area contributed by atoms with Crippen LogP contribution in [0.15, 0.2) is 18.2 Å². The summed E-state index contributed by atoms with van der Waals surface area (Å²) in [5.41, 5.74) is 1.32. The number of hydrogen-bond acceptors (Lipinski definition) is 3. The fourth-order valence-electron chi connectivity index (χ4n) is 1.49. The number of nitro benzene ring substituents is 1. The van der Waals surface area contributed by atoms with Gasteiger partial charge in [0.15, 0.2) is 0 Å². The van der Waals surface area contributed by atoms with Crippen molar-refractivity contribution < 1.29 is 9.72 Å². The molecule has 98 valence electrons. The number of nitro groups is 1. The third-order valence-corrected chi connectivity index (χ3v) is 2.65. The smallest absolute Gasteiger partial charge is 0.271 e. The number of carbonyl (C=O) groups is 1. The van der Waals surface area contributed by atoms with E-state index in [2.05, 4.69) is 5.32 Å². The monoisotopic (exact) mass is 250 g/mol. The van der Waals surface area contributed by atoms with Crippen LogP contribution in [0.4, 0.5) is 11.4 Å². The van der Waals surface area contributed by atoms with Crippen molar-refractivity contribution in [2.45, 2.75) is 33.6 Å². The molecule has 18 heavy (non-hydrogen) atoms. The molecule has 0 bridgehead atoms. The van der Waals surface area contributed by atoms with Gasteiger partial charge in [-0.25, -0.2) is 0 Å². The summed E-state index contributed by atoms with van der Waals surface area (Å²) in [6.45, 7) is 5.90. The van der Waals surface area contributed by atoms with Gasteiger partial charge in [-0.3, -0.25) is 14.9 Å². The van der Waals surface area contributed by atoms with Crippen molar-refractivity contribution in [3.63, 3.8) is 0 Å². The topological polar surface area (TPSA) is 72.2 Å². The molecule has 0 aliphatic heterocycles. The first kappa shape index (κ1) is 14.2. The molecule has 0 aliphatic rings. The van der Waals surface area contributed by atoms with Crippen molar-refractivity contribution in [1.29, 1.82) is 0 Å². The summed E-state index contributed by atoms with van der Waals surface area (Å²) in [5, 5.41) is 13.4. The molecule has 0 atom stereocenters. The molecular formula is C13H18N2O3. The maximum absolute atomic E-state index is 11.7. The van der Waals surface area contributed by atoms with Crippen LogP contribution in [0.2, 0.25) is 0 Å². The average molecular weight is 250 g/mol. The van der Waals surface area contributed by atoms with Gasteiger partial charge >= 0.3 is 0 Å². The highest BCUT2D eigenvalue weighted by molar-refractivity contribution is 5.91. The lowest BCUT2D eigenvalue weighted by Crippen LogP contribution is -2.13. The Morgan fingerprint density at radius 2 is 2.11 bits per heavy atom. The van der Waals surface area contributed by atoms with Crippen LogP contribution >= 0.6 is 0 Å². The van der Waals surface area contributed by atoms with Crippen LogP contribution in [-0.4, -0.2) is 10.8 Å². The van der Waals surface area contributed by atoms with Gasteiger partial charge in [-0.15, -0.1) is 0 Å². The third-order valence-electron chi connectivity index (χ3n) is 2.65. The first-order valence-corrected chi connectivity index (χ1v) is 5.95. The normalized spacial score (nSPS) is 10.4. The maximum atomic E-state index is 11.7. The van der Waals surface area contributed by atoms with Gasteiger partial charge in [0.25, 0.3) is 5.69 Å². The Morgan fingerprint density at radius 3 is 2.67 bits per heavy atom. The number of nitrogens with zero attached hydrogens (tertiary/aromatic N) is 1. The number of carbonyl (C=O) groups excluding carboxylic acids is 1. The van der Waals surface area contributed by atoms with Crippen molar-refractivity contribution in [3.05, 3.63) is 33.9 Å². The molecule has 0 aliphatic carbocycles. The van der Waals surface area contributed by atoms with Crippen LogP contribution in [0.3, 0.4) is 0 Å². The molecule has 0 aromatic heterocycles. The number of hydrogen-bond donors (Lipinski definition) is 1. The van der Waals surface area contributed by atoms with Gasteiger partial charge < -0.3 is 5.32 Å². The molecule has 5 nitrogen and oxygen atoms in total. The second kappa shape index (κ2) is 6.14. The molecule has 1 aromatic carbocycles. The Balaban J connectivity index is 2.74. The number of anilines is 1. The predicted molar refractivity (Wildman–Crippen MR) is 70.5 cm³/mol. The van der Waals surface area contributed by atoms with E-state index in [4.69, 9.17) is 0 Å². The Bertz CT molecular complexity index is 456. The van der Waals surface area contributed by atoms with Crippen molar-refractivity contribution in [3.8, 4) is 0 Å². The van der Waals surface area contributed by atoms with Crippen LogP contribution < -0.4 is 5.32 Å². The summed E-state index contributed by atoms with van der Waals surface area (Å²) in [6, 6.07) is 4.46. The molecule has 5 heteroatoms. The Labute approximate surface area is 106 Å². The summed E-state index contributed by atoms with van der Waals surface area (Å²) in [5.74, 6) is 0.356. The van der Waals surface area contributed by atoms with Gasteiger partial charge in [0.1, 0.15) is 0 Å². The van der Waals surface area contributed by atoms with Crippen molar-refractivity contribution in [1.82, 2.24) is 0 Å². The molecule has 1 amide bonds. The predicted octanol–water partition coefficient (Wildman–Crippen LogP) is 3.28. The van der Waals surface area contributed by atoms with E-state index in [1.807, 2.05) is 20.8 Å². The minimum atomic E-state index is -0.469. The summed E-state index contributed by atoms with van der Waals surface area (Å²) >= 11 is 0. The molecular weight excluding hydrogens is 232 g/mol. The van der Waals surface area contributed by atoms with Gasteiger partial charge in [0.05, 0.1) is 10.6 Å². The second-order valence-corrected chi connectivity index (χ2v) is 4.74. The Kier molecular flexibility index (Phi) is 4.83. The van der Waals surface area contributed by atoms with Crippen LogP contribution in [0.25, 0.3) is 0 Å². The molecule has 1 N–H and O–H groups in total. The molecule has 0 saturated heterocycles. The fraction of sp³-hybridized carbons (Fsp3) is 0.462. The lowest BCUT2D eigenvalue weighted by Gasteiger charge is -2.09. The summed E-state index contributed by atoms with van der Waals surface area (Å²) in [4.78, 5) is 21.9.